The van der Waals surface area contributed by atoms with Crippen LogP contribution in [0.15, 0.2) is 12.1 Å². The number of benzene rings is 1. The molecule has 1 fully saturated rings. The van der Waals surface area contributed by atoms with E-state index >= 15 is 0 Å². The van der Waals surface area contributed by atoms with Crippen LogP contribution in [0.4, 0.5) is 0 Å². The predicted molar refractivity (Wildman–Crippen MR) is 85.6 cm³/mol. The van der Waals surface area contributed by atoms with Crippen molar-refractivity contribution in [3.63, 3.8) is 0 Å². The van der Waals surface area contributed by atoms with Gasteiger partial charge in [0.05, 0.1) is 7.11 Å². The fourth-order valence-corrected chi connectivity index (χ4v) is 3.64. The van der Waals surface area contributed by atoms with Crippen molar-refractivity contribution >= 4 is 0 Å². The van der Waals surface area contributed by atoms with Gasteiger partial charge in [-0.05, 0) is 47.9 Å². The summed E-state index contributed by atoms with van der Waals surface area (Å²) in [7, 11) is 1.76. The molecule has 0 amide bonds. The summed E-state index contributed by atoms with van der Waals surface area (Å²) in [4.78, 5) is 0. The molecule has 2 N–H and O–H groups in total. The topological polar surface area (TPSA) is 35.2 Å². The number of hydrogen-bond donors (Lipinski definition) is 1. The molecule has 1 aromatic carbocycles. The first-order valence-electron chi connectivity index (χ1n) is 7.74. The molecule has 0 unspecified atom stereocenters. The van der Waals surface area contributed by atoms with E-state index in [0.717, 1.165) is 12.3 Å². The molecule has 0 radical (unpaired) electrons. The Morgan fingerprint density at radius 3 is 2.25 bits per heavy atom. The standard InChI is InChI=1S/C18H29NO/c1-13-10-16(20-5)15(17(2,3)4)11-14(13)18(12-19)8-6-7-9-18/h10-11H,6-9,12,19H2,1-5H3. The molecule has 0 saturated heterocycles. The van der Waals surface area contributed by atoms with Gasteiger partial charge in [0.25, 0.3) is 0 Å². The summed E-state index contributed by atoms with van der Waals surface area (Å²) in [6.45, 7) is 9.68. The molecular weight excluding hydrogens is 246 g/mol. The van der Waals surface area contributed by atoms with Gasteiger partial charge in [0.2, 0.25) is 0 Å². The number of aryl methyl sites for hydroxylation is 1. The lowest BCUT2D eigenvalue weighted by Crippen LogP contribution is -2.33. The smallest absolute Gasteiger partial charge is 0.122 e. The van der Waals surface area contributed by atoms with Gasteiger partial charge in [-0.25, -0.2) is 0 Å². The molecular formula is C18H29NO. The third-order valence-corrected chi connectivity index (χ3v) is 4.88. The Kier molecular flexibility index (Phi) is 4.15. The van der Waals surface area contributed by atoms with Crippen LogP contribution in [0.1, 0.15) is 63.1 Å². The average molecular weight is 275 g/mol. The molecule has 20 heavy (non-hydrogen) atoms. The van der Waals surface area contributed by atoms with Crippen LogP contribution in [0.25, 0.3) is 0 Å². The van der Waals surface area contributed by atoms with Crippen LogP contribution >= 0.6 is 0 Å². The Morgan fingerprint density at radius 2 is 1.80 bits per heavy atom. The Morgan fingerprint density at radius 1 is 1.20 bits per heavy atom. The summed E-state index contributed by atoms with van der Waals surface area (Å²) < 4.78 is 5.61. The maximum Gasteiger partial charge on any atom is 0.122 e. The summed E-state index contributed by atoms with van der Waals surface area (Å²) in [6, 6.07) is 4.57. The zero-order chi connectivity index (χ0) is 15.0. The Balaban J connectivity index is 2.59. The molecule has 0 bridgehead atoms. The number of rotatable bonds is 3. The first kappa shape index (κ1) is 15.4. The molecule has 1 aromatic rings. The van der Waals surface area contributed by atoms with Crippen LogP contribution in [0.2, 0.25) is 0 Å². The summed E-state index contributed by atoms with van der Waals surface area (Å²) in [6.07, 6.45) is 5.04. The number of hydrogen-bond acceptors (Lipinski definition) is 2. The lowest BCUT2D eigenvalue weighted by atomic mass is 9.74. The van der Waals surface area contributed by atoms with Gasteiger partial charge in [0.15, 0.2) is 0 Å². The Labute approximate surface area is 123 Å². The van der Waals surface area contributed by atoms with E-state index in [-0.39, 0.29) is 10.8 Å². The van der Waals surface area contributed by atoms with Crippen LogP contribution in [-0.2, 0) is 10.8 Å². The maximum atomic E-state index is 6.17. The van der Waals surface area contributed by atoms with Crippen LogP contribution in [0.5, 0.6) is 5.75 Å². The normalized spacial score (nSPS) is 18.3. The van der Waals surface area contributed by atoms with E-state index in [1.54, 1.807) is 7.11 Å². The van der Waals surface area contributed by atoms with Crippen LogP contribution in [0.3, 0.4) is 0 Å². The molecule has 0 heterocycles. The monoisotopic (exact) mass is 275 g/mol. The molecule has 0 aromatic heterocycles. The summed E-state index contributed by atoms with van der Waals surface area (Å²) in [5.41, 5.74) is 10.5. The molecule has 2 heteroatoms. The minimum Gasteiger partial charge on any atom is -0.496 e. The van der Waals surface area contributed by atoms with Crippen LogP contribution < -0.4 is 10.5 Å². The second-order valence-corrected chi connectivity index (χ2v) is 7.31. The van der Waals surface area contributed by atoms with Gasteiger partial charge in [0.1, 0.15) is 5.75 Å². The summed E-state index contributed by atoms with van der Waals surface area (Å²) in [5.74, 6) is 1.00. The molecule has 0 aliphatic heterocycles. The van der Waals surface area contributed by atoms with E-state index in [1.165, 1.54) is 42.4 Å². The van der Waals surface area contributed by atoms with Gasteiger partial charge in [0, 0.05) is 12.0 Å². The highest BCUT2D eigenvalue weighted by Crippen LogP contribution is 2.44. The molecule has 2 rings (SSSR count). The van der Waals surface area contributed by atoms with Gasteiger partial charge in [-0.2, -0.15) is 0 Å². The van der Waals surface area contributed by atoms with Gasteiger partial charge < -0.3 is 10.5 Å². The number of ether oxygens (including phenoxy) is 1. The second kappa shape index (κ2) is 5.40. The first-order valence-corrected chi connectivity index (χ1v) is 7.74. The van der Waals surface area contributed by atoms with Crippen molar-refractivity contribution in [3.8, 4) is 5.75 Å². The molecule has 2 nitrogen and oxygen atoms in total. The van der Waals surface area contributed by atoms with Crippen molar-refractivity contribution in [2.24, 2.45) is 5.73 Å². The largest absolute Gasteiger partial charge is 0.496 e. The van der Waals surface area contributed by atoms with E-state index in [1.807, 2.05) is 0 Å². The van der Waals surface area contributed by atoms with Gasteiger partial charge >= 0.3 is 0 Å². The fourth-order valence-electron chi connectivity index (χ4n) is 3.64. The van der Waals surface area contributed by atoms with E-state index in [9.17, 15) is 0 Å². The highest BCUT2D eigenvalue weighted by atomic mass is 16.5. The van der Waals surface area contributed by atoms with E-state index in [0.29, 0.717) is 0 Å². The van der Waals surface area contributed by atoms with Gasteiger partial charge in [-0.15, -0.1) is 0 Å². The molecule has 0 atom stereocenters. The molecule has 1 aliphatic carbocycles. The fraction of sp³-hybridized carbons (Fsp3) is 0.667. The minimum atomic E-state index is 0.0855. The van der Waals surface area contributed by atoms with Gasteiger partial charge in [-0.3, -0.25) is 0 Å². The Bertz CT molecular complexity index is 479. The van der Waals surface area contributed by atoms with Crippen molar-refractivity contribution in [2.75, 3.05) is 13.7 Å². The number of methoxy groups -OCH3 is 1. The first-order chi connectivity index (χ1) is 9.34. The summed E-state index contributed by atoms with van der Waals surface area (Å²) in [5, 5.41) is 0. The minimum absolute atomic E-state index is 0.0855. The van der Waals surface area contributed by atoms with Crippen molar-refractivity contribution in [2.45, 2.75) is 64.2 Å². The van der Waals surface area contributed by atoms with E-state index in [4.69, 9.17) is 10.5 Å². The van der Waals surface area contributed by atoms with E-state index in [2.05, 4.69) is 39.8 Å². The molecule has 0 spiro atoms. The quantitative estimate of drug-likeness (QED) is 0.902. The maximum absolute atomic E-state index is 6.17. The SMILES string of the molecule is COc1cc(C)c(C2(CN)CCCC2)cc1C(C)(C)C. The average Bonchev–Trinajstić information content (AvgIpc) is 2.86. The third kappa shape index (κ3) is 2.58. The Hall–Kier alpha value is -1.02. The van der Waals surface area contributed by atoms with E-state index < -0.39 is 0 Å². The van der Waals surface area contributed by atoms with Gasteiger partial charge in [-0.1, -0.05) is 39.7 Å². The van der Waals surface area contributed by atoms with Crippen molar-refractivity contribution in [3.05, 3.63) is 28.8 Å². The highest BCUT2D eigenvalue weighted by Gasteiger charge is 2.36. The zero-order valence-electron chi connectivity index (χ0n) is 13.7. The molecule has 1 aliphatic rings. The van der Waals surface area contributed by atoms with Crippen molar-refractivity contribution in [1.82, 2.24) is 0 Å². The zero-order valence-corrected chi connectivity index (χ0v) is 13.7. The molecule has 1 saturated carbocycles. The lowest BCUT2D eigenvalue weighted by molar-refractivity contribution is 0.393. The van der Waals surface area contributed by atoms with Crippen molar-refractivity contribution in [1.29, 1.82) is 0 Å². The predicted octanol–water partition coefficient (Wildman–Crippen LogP) is 4.07. The van der Waals surface area contributed by atoms with Crippen LogP contribution in [-0.4, -0.2) is 13.7 Å². The summed E-state index contributed by atoms with van der Waals surface area (Å²) >= 11 is 0. The highest BCUT2D eigenvalue weighted by molar-refractivity contribution is 5.48. The molecule has 112 valence electrons. The van der Waals surface area contributed by atoms with Crippen molar-refractivity contribution < 1.29 is 4.74 Å². The number of nitrogens with two attached hydrogens (primary N) is 1. The van der Waals surface area contributed by atoms with Crippen LogP contribution in [0, 0.1) is 6.92 Å². The lowest BCUT2D eigenvalue weighted by Gasteiger charge is -2.32. The second-order valence-electron chi connectivity index (χ2n) is 7.31. The third-order valence-electron chi connectivity index (χ3n) is 4.88.